The van der Waals surface area contributed by atoms with E-state index < -0.39 is 0 Å². The second-order valence-corrected chi connectivity index (χ2v) is 6.30. The molecule has 18 heavy (non-hydrogen) atoms. The standard InChI is InChI=1S/C16H33NO/c1-5-17-10-6-7-11-18-16-12-14(4)8-9-15(16)13(2)3/h13-17H,5-12H2,1-4H3. The highest BCUT2D eigenvalue weighted by Crippen LogP contribution is 2.35. The summed E-state index contributed by atoms with van der Waals surface area (Å²) >= 11 is 0. The lowest BCUT2D eigenvalue weighted by atomic mass is 9.75. The molecule has 2 nitrogen and oxygen atoms in total. The molecule has 0 aromatic carbocycles. The van der Waals surface area contributed by atoms with Gasteiger partial charge >= 0.3 is 0 Å². The van der Waals surface area contributed by atoms with Crippen LogP contribution >= 0.6 is 0 Å². The molecule has 0 spiro atoms. The molecular weight excluding hydrogens is 222 g/mol. The number of hydrogen-bond donors (Lipinski definition) is 1. The average Bonchev–Trinajstić information content (AvgIpc) is 2.33. The molecule has 0 aliphatic heterocycles. The summed E-state index contributed by atoms with van der Waals surface area (Å²) in [6.07, 6.45) is 6.98. The molecule has 0 radical (unpaired) electrons. The minimum Gasteiger partial charge on any atom is -0.378 e. The Bertz CT molecular complexity index is 205. The van der Waals surface area contributed by atoms with Crippen molar-refractivity contribution in [3.8, 4) is 0 Å². The van der Waals surface area contributed by atoms with E-state index in [0.29, 0.717) is 6.10 Å². The summed E-state index contributed by atoms with van der Waals surface area (Å²) in [5.41, 5.74) is 0. The zero-order chi connectivity index (χ0) is 13.4. The van der Waals surface area contributed by atoms with Crippen LogP contribution in [0.2, 0.25) is 0 Å². The second kappa shape index (κ2) is 8.92. The number of rotatable bonds is 8. The Hall–Kier alpha value is -0.0800. The molecule has 1 aliphatic carbocycles. The lowest BCUT2D eigenvalue weighted by molar-refractivity contribution is -0.0392. The summed E-state index contributed by atoms with van der Waals surface area (Å²) in [5.74, 6) is 2.41. The fourth-order valence-corrected chi connectivity index (χ4v) is 3.07. The van der Waals surface area contributed by atoms with Crippen LogP contribution in [0.3, 0.4) is 0 Å². The minimum atomic E-state index is 0.521. The van der Waals surface area contributed by atoms with Crippen LogP contribution in [0, 0.1) is 17.8 Å². The highest BCUT2D eigenvalue weighted by Gasteiger charge is 2.31. The molecule has 1 fully saturated rings. The molecule has 1 saturated carbocycles. The fraction of sp³-hybridized carbons (Fsp3) is 1.00. The summed E-state index contributed by atoms with van der Waals surface area (Å²) in [6, 6.07) is 0. The summed E-state index contributed by atoms with van der Waals surface area (Å²) in [5, 5.41) is 3.37. The first kappa shape index (κ1) is 16.0. The van der Waals surface area contributed by atoms with E-state index >= 15 is 0 Å². The summed E-state index contributed by atoms with van der Waals surface area (Å²) in [6.45, 7) is 12.4. The summed E-state index contributed by atoms with van der Waals surface area (Å²) in [4.78, 5) is 0. The van der Waals surface area contributed by atoms with Gasteiger partial charge in [-0.3, -0.25) is 0 Å². The lowest BCUT2D eigenvalue weighted by Gasteiger charge is -2.37. The van der Waals surface area contributed by atoms with E-state index in [0.717, 1.165) is 37.5 Å². The van der Waals surface area contributed by atoms with Gasteiger partial charge in [-0.05, 0) is 56.5 Å². The summed E-state index contributed by atoms with van der Waals surface area (Å²) in [7, 11) is 0. The molecule has 1 aliphatic rings. The fourth-order valence-electron chi connectivity index (χ4n) is 3.07. The zero-order valence-electron chi connectivity index (χ0n) is 12.9. The van der Waals surface area contributed by atoms with Crippen molar-refractivity contribution < 1.29 is 4.74 Å². The molecule has 0 saturated heterocycles. The molecule has 0 amide bonds. The van der Waals surface area contributed by atoms with Crippen LogP contribution in [0.5, 0.6) is 0 Å². The van der Waals surface area contributed by atoms with Gasteiger partial charge in [0.05, 0.1) is 6.10 Å². The van der Waals surface area contributed by atoms with Gasteiger partial charge in [-0.2, -0.15) is 0 Å². The first-order valence-electron chi connectivity index (χ1n) is 7.97. The van der Waals surface area contributed by atoms with Crippen molar-refractivity contribution in [1.82, 2.24) is 5.32 Å². The van der Waals surface area contributed by atoms with Gasteiger partial charge in [0.2, 0.25) is 0 Å². The van der Waals surface area contributed by atoms with Crippen molar-refractivity contribution in [1.29, 1.82) is 0 Å². The monoisotopic (exact) mass is 255 g/mol. The third kappa shape index (κ3) is 5.71. The van der Waals surface area contributed by atoms with Gasteiger partial charge < -0.3 is 10.1 Å². The molecule has 1 rings (SSSR count). The largest absolute Gasteiger partial charge is 0.378 e. The topological polar surface area (TPSA) is 21.3 Å². The first-order valence-corrected chi connectivity index (χ1v) is 7.97. The SMILES string of the molecule is CCNCCCCOC1CC(C)CCC1C(C)C. The molecule has 3 unspecified atom stereocenters. The molecule has 0 heterocycles. The van der Waals surface area contributed by atoms with Crippen LogP contribution in [-0.2, 0) is 4.74 Å². The van der Waals surface area contributed by atoms with E-state index in [-0.39, 0.29) is 0 Å². The molecular formula is C16H33NO. The Kier molecular flexibility index (Phi) is 7.92. The Morgan fingerprint density at radius 3 is 2.67 bits per heavy atom. The predicted molar refractivity (Wildman–Crippen MR) is 78.9 cm³/mol. The number of hydrogen-bond acceptors (Lipinski definition) is 2. The smallest absolute Gasteiger partial charge is 0.0608 e. The van der Waals surface area contributed by atoms with E-state index in [1.165, 1.54) is 32.1 Å². The molecule has 0 aromatic heterocycles. The Labute approximate surface area is 114 Å². The van der Waals surface area contributed by atoms with E-state index in [2.05, 4.69) is 33.0 Å². The number of unbranched alkanes of at least 4 members (excludes halogenated alkanes) is 1. The molecule has 108 valence electrons. The quantitative estimate of drug-likeness (QED) is 0.665. The van der Waals surface area contributed by atoms with Crippen LogP contribution in [0.1, 0.15) is 59.8 Å². The third-order valence-electron chi connectivity index (χ3n) is 4.29. The molecule has 1 N–H and O–H groups in total. The van der Waals surface area contributed by atoms with E-state index in [9.17, 15) is 0 Å². The highest BCUT2D eigenvalue weighted by atomic mass is 16.5. The normalized spacial score (nSPS) is 28.8. The van der Waals surface area contributed by atoms with Crippen molar-refractivity contribution >= 4 is 0 Å². The van der Waals surface area contributed by atoms with Gasteiger partial charge in [-0.25, -0.2) is 0 Å². The van der Waals surface area contributed by atoms with Crippen LogP contribution in [0.25, 0.3) is 0 Å². The number of nitrogens with one attached hydrogen (secondary N) is 1. The van der Waals surface area contributed by atoms with Gasteiger partial charge in [-0.1, -0.05) is 34.1 Å². The van der Waals surface area contributed by atoms with E-state index in [1.807, 2.05) is 0 Å². The van der Waals surface area contributed by atoms with Crippen LogP contribution in [0.15, 0.2) is 0 Å². The first-order chi connectivity index (χ1) is 8.65. The molecule has 3 atom stereocenters. The predicted octanol–water partition coefficient (Wildman–Crippen LogP) is 3.85. The average molecular weight is 255 g/mol. The van der Waals surface area contributed by atoms with Gasteiger partial charge in [-0.15, -0.1) is 0 Å². The molecule has 0 bridgehead atoms. The third-order valence-corrected chi connectivity index (χ3v) is 4.29. The van der Waals surface area contributed by atoms with Gasteiger partial charge in [0, 0.05) is 6.61 Å². The highest BCUT2D eigenvalue weighted by molar-refractivity contribution is 4.81. The van der Waals surface area contributed by atoms with Crippen molar-refractivity contribution in [2.24, 2.45) is 17.8 Å². The van der Waals surface area contributed by atoms with Crippen molar-refractivity contribution in [3.05, 3.63) is 0 Å². The second-order valence-electron chi connectivity index (χ2n) is 6.30. The Morgan fingerprint density at radius 2 is 2.00 bits per heavy atom. The molecule has 0 aromatic rings. The maximum atomic E-state index is 6.18. The van der Waals surface area contributed by atoms with Gasteiger partial charge in [0.25, 0.3) is 0 Å². The van der Waals surface area contributed by atoms with Crippen LogP contribution < -0.4 is 5.32 Å². The number of ether oxygens (including phenoxy) is 1. The zero-order valence-corrected chi connectivity index (χ0v) is 12.9. The van der Waals surface area contributed by atoms with Gasteiger partial charge in [0.15, 0.2) is 0 Å². The van der Waals surface area contributed by atoms with Crippen molar-refractivity contribution in [2.75, 3.05) is 19.7 Å². The Morgan fingerprint density at radius 1 is 1.22 bits per heavy atom. The van der Waals surface area contributed by atoms with Crippen LogP contribution in [0.4, 0.5) is 0 Å². The maximum absolute atomic E-state index is 6.18. The van der Waals surface area contributed by atoms with Gasteiger partial charge in [0.1, 0.15) is 0 Å². The minimum absolute atomic E-state index is 0.521. The van der Waals surface area contributed by atoms with Crippen molar-refractivity contribution in [3.63, 3.8) is 0 Å². The Balaban J connectivity index is 2.20. The van der Waals surface area contributed by atoms with E-state index in [4.69, 9.17) is 4.74 Å². The lowest BCUT2D eigenvalue weighted by Crippen LogP contribution is -2.34. The van der Waals surface area contributed by atoms with Crippen LogP contribution in [-0.4, -0.2) is 25.8 Å². The molecule has 2 heteroatoms. The maximum Gasteiger partial charge on any atom is 0.0608 e. The van der Waals surface area contributed by atoms with E-state index in [1.54, 1.807) is 0 Å². The van der Waals surface area contributed by atoms with Crippen molar-refractivity contribution in [2.45, 2.75) is 65.9 Å². The summed E-state index contributed by atoms with van der Waals surface area (Å²) < 4.78 is 6.18.